The van der Waals surface area contributed by atoms with E-state index in [1.807, 2.05) is 30.3 Å². The van der Waals surface area contributed by atoms with E-state index in [2.05, 4.69) is 11.9 Å². The van der Waals surface area contributed by atoms with E-state index < -0.39 is 9.84 Å². The summed E-state index contributed by atoms with van der Waals surface area (Å²) in [5.74, 6) is 0.346. The molecule has 1 fully saturated rings. The van der Waals surface area contributed by atoms with Crippen LogP contribution >= 0.6 is 0 Å². The van der Waals surface area contributed by atoms with Gasteiger partial charge in [0.05, 0.1) is 30.3 Å². The number of aryl methyl sites for hydroxylation is 1. The molecule has 1 aromatic rings. The molecule has 1 aliphatic heterocycles. The molecular formula is C16H25N3O3S. The minimum Gasteiger partial charge on any atom is -0.339 e. The number of aromatic nitrogens is 1. The topological polar surface area (TPSA) is 70.6 Å². The van der Waals surface area contributed by atoms with E-state index in [0.29, 0.717) is 13.0 Å². The maximum Gasteiger partial charge on any atom is 0.236 e. The Labute approximate surface area is 138 Å². The SMILES string of the molecule is CCc1ccc(CN(C)C(=O)CN(C)[C@H]2CCS(=O)(=O)C2)nc1. The zero-order valence-corrected chi connectivity index (χ0v) is 14.8. The summed E-state index contributed by atoms with van der Waals surface area (Å²) in [7, 11) is 0.630. The van der Waals surface area contributed by atoms with Crippen LogP contribution < -0.4 is 0 Å². The van der Waals surface area contributed by atoms with E-state index in [1.165, 1.54) is 5.56 Å². The highest BCUT2D eigenvalue weighted by Gasteiger charge is 2.31. The van der Waals surface area contributed by atoms with Crippen molar-refractivity contribution in [2.75, 3.05) is 32.1 Å². The highest BCUT2D eigenvalue weighted by molar-refractivity contribution is 7.91. The van der Waals surface area contributed by atoms with Gasteiger partial charge in [-0.1, -0.05) is 13.0 Å². The first kappa shape index (κ1) is 17.9. The van der Waals surface area contributed by atoms with Crippen molar-refractivity contribution < 1.29 is 13.2 Å². The first-order valence-corrected chi connectivity index (χ1v) is 9.71. The highest BCUT2D eigenvalue weighted by Crippen LogP contribution is 2.16. The molecule has 6 nitrogen and oxygen atoms in total. The zero-order chi connectivity index (χ0) is 17.0. The third kappa shape index (κ3) is 5.00. The zero-order valence-electron chi connectivity index (χ0n) is 14.0. The van der Waals surface area contributed by atoms with Crippen molar-refractivity contribution in [2.24, 2.45) is 0 Å². The van der Waals surface area contributed by atoms with Crippen molar-refractivity contribution in [2.45, 2.75) is 32.4 Å². The van der Waals surface area contributed by atoms with Gasteiger partial charge in [0.25, 0.3) is 0 Å². The quantitative estimate of drug-likeness (QED) is 0.764. The number of pyridine rings is 1. The molecule has 128 valence electrons. The van der Waals surface area contributed by atoms with Gasteiger partial charge in [-0.15, -0.1) is 0 Å². The first-order valence-electron chi connectivity index (χ1n) is 7.89. The molecule has 23 heavy (non-hydrogen) atoms. The number of hydrogen-bond donors (Lipinski definition) is 0. The van der Waals surface area contributed by atoms with Crippen LogP contribution in [0.4, 0.5) is 0 Å². The Morgan fingerprint density at radius 2 is 2.09 bits per heavy atom. The average Bonchev–Trinajstić information content (AvgIpc) is 2.88. The Hall–Kier alpha value is -1.47. The molecule has 0 radical (unpaired) electrons. The highest BCUT2D eigenvalue weighted by atomic mass is 32.2. The van der Waals surface area contributed by atoms with Crippen molar-refractivity contribution in [1.29, 1.82) is 0 Å². The smallest absolute Gasteiger partial charge is 0.236 e. The monoisotopic (exact) mass is 339 g/mol. The van der Waals surface area contributed by atoms with E-state index in [1.54, 1.807) is 11.9 Å². The van der Waals surface area contributed by atoms with Crippen molar-refractivity contribution in [1.82, 2.24) is 14.8 Å². The number of likely N-dealkylation sites (N-methyl/N-ethyl adjacent to an activating group) is 2. The third-order valence-electron chi connectivity index (χ3n) is 4.34. The molecule has 0 N–H and O–H groups in total. The average molecular weight is 339 g/mol. The lowest BCUT2D eigenvalue weighted by Crippen LogP contribution is -2.41. The summed E-state index contributed by atoms with van der Waals surface area (Å²) >= 11 is 0. The second kappa shape index (κ2) is 7.40. The van der Waals surface area contributed by atoms with Gasteiger partial charge >= 0.3 is 0 Å². The largest absolute Gasteiger partial charge is 0.339 e. The van der Waals surface area contributed by atoms with Crippen LogP contribution in [0.3, 0.4) is 0 Å². The fourth-order valence-corrected chi connectivity index (χ4v) is 4.48. The molecule has 2 rings (SSSR count). The van der Waals surface area contributed by atoms with Gasteiger partial charge in [-0.2, -0.15) is 0 Å². The molecule has 0 spiro atoms. The van der Waals surface area contributed by atoms with Crippen molar-refractivity contribution in [3.8, 4) is 0 Å². The Morgan fingerprint density at radius 1 is 1.35 bits per heavy atom. The molecule has 0 bridgehead atoms. The molecule has 1 atom stereocenters. The van der Waals surface area contributed by atoms with Gasteiger partial charge in [-0.3, -0.25) is 14.7 Å². The summed E-state index contributed by atoms with van der Waals surface area (Å²) < 4.78 is 23.1. The van der Waals surface area contributed by atoms with Gasteiger partial charge in [0, 0.05) is 19.3 Å². The van der Waals surface area contributed by atoms with Crippen molar-refractivity contribution in [3.63, 3.8) is 0 Å². The van der Waals surface area contributed by atoms with E-state index in [9.17, 15) is 13.2 Å². The molecule has 0 saturated carbocycles. The predicted octanol–water partition coefficient (Wildman–Crippen LogP) is 0.721. The minimum atomic E-state index is -2.93. The van der Waals surface area contributed by atoms with E-state index in [-0.39, 0.29) is 30.0 Å². The van der Waals surface area contributed by atoms with Crippen LogP contribution in [0.15, 0.2) is 18.3 Å². The summed E-state index contributed by atoms with van der Waals surface area (Å²) in [6.45, 7) is 2.76. The predicted molar refractivity (Wildman–Crippen MR) is 89.8 cm³/mol. The molecule has 1 aliphatic rings. The van der Waals surface area contributed by atoms with Crippen molar-refractivity contribution in [3.05, 3.63) is 29.6 Å². The molecule has 0 aromatic carbocycles. The summed E-state index contributed by atoms with van der Waals surface area (Å²) in [4.78, 5) is 20.1. The van der Waals surface area contributed by atoms with Gasteiger partial charge in [-0.05, 0) is 31.5 Å². The lowest BCUT2D eigenvalue weighted by Gasteiger charge is -2.25. The van der Waals surface area contributed by atoms with Crippen LogP contribution in [0.2, 0.25) is 0 Å². The molecule has 2 heterocycles. The van der Waals surface area contributed by atoms with Crippen LogP contribution in [0.5, 0.6) is 0 Å². The lowest BCUT2D eigenvalue weighted by molar-refractivity contribution is -0.131. The molecule has 0 unspecified atom stereocenters. The number of amides is 1. The summed E-state index contributed by atoms with van der Waals surface area (Å²) in [6, 6.07) is 3.91. The van der Waals surface area contributed by atoms with Gasteiger partial charge in [-0.25, -0.2) is 8.42 Å². The number of carbonyl (C=O) groups excluding carboxylic acids is 1. The second-order valence-corrected chi connectivity index (χ2v) is 8.46. The maximum atomic E-state index is 12.3. The van der Waals surface area contributed by atoms with Gasteiger partial charge < -0.3 is 4.90 Å². The second-order valence-electron chi connectivity index (χ2n) is 6.23. The Balaban J connectivity index is 1.86. The molecule has 0 aliphatic carbocycles. The maximum absolute atomic E-state index is 12.3. The standard InChI is InChI=1S/C16H25N3O3S/c1-4-13-5-6-14(17-9-13)10-19(3)16(20)11-18(2)15-7-8-23(21,22)12-15/h5-6,9,15H,4,7-8,10-12H2,1-3H3/t15-/m0/s1. The van der Waals surface area contributed by atoms with Gasteiger partial charge in [0.2, 0.25) is 5.91 Å². The summed E-state index contributed by atoms with van der Waals surface area (Å²) in [5.41, 5.74) is 2.02. The van der Waals surface area contributed by atoms with Crippen LogP contribution in [0.25, 0.3) is 0 Å². The molecular weight excluding hydrogens is 314 g/mol. The third-order valence-corrected chi connectivity index (χ3v) is 6.09. The lowest BCUT2D eigenvalue weighted by atomic mass is 10.2. The van der Waals surface area contributed by atoms with Gasteiger partial charge in [0.15, 0.2) is 9.84 Å². The number of rotatable bonds is 6. The number of sulfone groups is 1. The van der Waals surface area contributed by atoms with E-state index in [0.717, 1.165) is 12.1 Å². The molecule has 7 heteroatoms. The Kier molecular flexibility index (Phi) is 5.75. The number of carbonyl (C=O) groups is 1. The Bertz CT molecular complexity index is 643. The van der Waals surface area contributed by atoms with Crippen LogP contribution in [-0.2, 0) is 27.6 Å². The number of hydrogen-bond acceptors (Lipinski definition) is 5. The molecule has 1 amide bonds. The normalized spacial score (nSPS) is 19.9. The van der Waals surface area contributed by atoms with Gasteiger partial charge in [0.1, 0.15) is 0 Å². The summed E-state index contributed by atoms with van der Waals surface area (Å²) in [6.07, 6.45) is 3.39. The first-order chi connectivity index (χ1) is 10.8. The molecule has 1 aromatic heterocycles. The molecule has 1 saturated heterocycles. The van der Waals surface area contributed by atoms with Crippen molar-refractivity contribution >= 4 is 15.7 Å². The fraction of sp³-hybridized carbons (Fsp3) is 0.625. The number of nitrogens with zero attached hydrogens (tertiary/aromatic N) is 3. The van der Waals surface area contributed by atoms with E-state index in [4.69, 9.17) is 0 Å². The Morgan fingerprint density at radius 3 is 2.61 bits per heavy atom. The van der Waals surface area contributed by atoms with Crippen LogP contribution in [-0.4, -0.2) is 67.3 Å². The van der Waals surface area contributed by atoms with E-state index >= 15 is 0 Å². The van der Waals surface area contributed by atoms with Crippen LogP contribution in [0.1, 0.15) is 24.6 Å². The fourth-order valence-electron chi connectivity index (χ4n) is 2.68. The summed E-state index contributed by atoms with van der Waals surface area (Å²) in [5, 5.41) is 0. The minimum absolute atomic E-state index is 0.0295. The van der Waals surface area contributed by atoms with Crippen LogP contribution in [0, 0.1) is 0 Å².